The number of nitrogens with one attached hydrogen (secondary N) is 1. The van der Waals surface area contributed by atoms with Gasteiger partial charge in [-0.3, -0.25) is 0 Å². The first kappa shape index (κ1) is 17.5. The molecule has 5 nitrogen and oxygen atoms in total. The van der Waals surface area contributed by atoms with Gasteiger partial charge in [-0.1, -0.05) is 42.5 Å². The van der Waals surface area contributed by atoms with Gasteiger partial charge in [0.1, 0.15) is 25.1 Å². The zero-order chi connectivity index (χ0) is 17.6. The summed E-state index contributed by atoms with van der Waals surface area (Å²) < 4.78 is 24.4. The lowest BCUT2D eigenvalue weighted by molar-refractivity contribution is -0.0838. The van der Waals surface area contributed by atoms with E-state index in [-0.39, 0.29) is 13.0 Å². The van der Waals surface area contributed by atoms with Crippen molar-refractivity contribution in [2.75, 3.05) is 13.7 Å². The number of esters is 1. The first-order valence-electron chi connectivity index (χ1n) is 8.08. The van der Waals surface area contributed by atoms with Crippen molar-refractivity contribution in [3.63, 3.8) is 0 Å². The Kier molecular flexibility index (Phi) is 5.75. The standard InChI is InChI=1S/C19H20FNO4/c1-23-21-18-11-16(20)17(25-18)12-24-19(22)15-9-7-14(8-10-15)13-5-3-2-4-6-13/h2-10,16-18,21H,11-12H2,1H3/t16-,17+,18?/m0/s1. The SMILES string of the molecule is CONC1C[C@H](F)[C@@H](COC(=O)c2ccc(-c3ccccc3)cc2)O1. The van der Waals surface area contributed by atoms with Crippen molar-refractivity contribution in [3.05, 3.63) is 60.2 Å². The van der Waals surface area contributed by atoms with Gasteiger partial charge in [0, 0.05) is 6.42 Å². The largest absolute Gasteiger partial charge is 0.459 e. The minimum Gasteiger partial charge on any atom is -0.459 e. The van der Waals surface area contributed by atoms with Gasteiger partial charge in [0.15, 0.2) is 0 Å². The van der Waals surface area contributed by atoms with Crippen LogP contribution in [0.15, 0.2) is 54.6 Å². The maximum atomic E-state index is 13.8. The van der Waals surface area contributed by atoms with Crippen LogP contribution in [0, 0.1) is 0 Å². The molecule has 132 valence electrons. The van der Waals surface area contributed by atoms with Crippen LogP contribution in [0.5, 0.6) is 0 Å². The first-order chi connectivity index (χ1) is 12.2. The third-order valence-corrected chi connectivity index (χ3v) is 4.04. The lowest BCUT2D eigenvalue weighted by atomic mass is 10.0. The molecular formula is C19H20FNO4. The summed E-state index contributed by atoms with van der Waals surface area (Å²) in [6, 6.07) is 17.0. The fourth-order valence-corrected chi connectivity index (χ4v) is 2.73. The molecule has 1 unspecified atom stereocenters. The molecule has 0 aromatic heterocycles. The van der Waals surface area contributed by atoms with Gasteiger partial charge in [-0.15, -0.1) is 0 Å². The number of halogens is 1. The number of benzene rings is 2. The van der Waals surface area contributed by atoms with Crippen LogP contribution in [0.25, 0.3) is 11.1 Å². The molecule has 1 aliphatic heterocycles. The Morgan fingerprint density at radius 3 is 2.52 bits per heavy atom. The van der Waals surface area contributed by atoms with Crippen molar-refractivity contribution >= 4 is 5.97 Å². The summed E-state index contributed by atoms with van der Waals surface area (Å²) in [5, 5.41) is 0. The second-order valence-electron chi connectivity index (χ2n) is 5.78. The molecule has 1 saturated heterocycles. The van der Waals surface area contributed by atoms with Crippen molar-refractivity contribution in [2.45, 2.75) is 24.9 Å². The van der Waals surface area contributed by atoms with E-state index in [0.717, 1.165) is 11.1 Å². The lowest BCUT2D eigenvalue weighted by Gasteiger charge is -2.14. The molecule has 0 amide bonds. The fraction of sp³-hybridized carbons (Fsp3) is 0.316. The molecule has 0 radical (unpaired) electrons. The zero-order valence-electron chi connectivity index (χ0n) is 13.9. The van der Waals surface area contributed by atoms with E-state index in [1.165, 1.54) is 7.11 Å². The summed E-state index contributed by atoms with van der Waals surface area (Å²) >= 11 is 0. The van der Waals surface area contributed by atoms with E-state index < -0.39 is 24.5 Å². The molecule has 2 aromatic rings. The Bertz CT molecular complexity index is 692. The van der Waals surface area contributed by atoms with Crippen LogP contribution < -0.4 is 5.48 Å². The van der Waals surface area contributed by atoms with Crippen LogP contribution >= 0.6 is 0 Å². The Balaban J connectivity index is 1.55. The second kappa shape index (κ2) is 8.20. The monoisotopic (exact) mass is 345 g/mol. The summed E-state index contributed by atoms with van der Waals surface area (Å²) in [6.45, 7) is -0.137. The molecule has 6 heteroatoms. The lowest BCUT2D eigenvalue weighted by Crippen LogP contribution is -2.29. The Morgan fingerprint density at radius 2 is 1.84 bits per heavy atom. The first-order valence-corrected chi connectivity index (χ1v) is 8.08. The quantitative estimate of drug-likeness (QED) is 0.644. The average molecular weight is 345 g/mol. The Hall–Kier alpha value is -2.28. The van der Waals surface area contributed by atoms with E-state index in [0.29, 0.717) is 5.56 Å². The molecule has 25 heavy (non-hydrogen) atoms. The van der Waals surface area contributed by atoms with E-state index in [1.807, 2.05) is 42.5 Å². The van der Waals surface area contributed by atoms with E-state index >= 15 is 0 Å². The third kappa shape index (κ3) is 4.42. The molecule has 0 bridgehead atoms. The summed E-state index contributed by atoms with van der Waals surface area (Å²) in [5.74, 6) is -0.501. The van der Waals surface area contributed by atoms with Crippen molar-refractivity contribution in [1.29, 1.82) is 0 Å². The van der Waals surface area contributed by atoms with Crippen molar-refractivity contribution < 1.29 is 23.5 Å². The van der Waals surface area contributed by atoms with Crippen molar-refractivity contribution in [3.8, 4) is 11.1 Å². The van der Waals surface area contributed by atoms with E-state index in [9.17, 15) is 9.18 Å². The van der Waals surface area contributed by atoms with Crippen LogP contribution in [-0.4, -0.2) is 38.2 Å². The van der Waals surface area contributed by atoms with Gasteiger partial charge in [-0.2, -0.15) is 5.48 Å². The molecule has 0 spiro atoms. The van der Waals surface area contributed by atoms with E-state index in [1.54, 1.807) is 12.1 Å². The number of carbonyl (C=O) groups excluding carboxylic acids is 1. The number of rotatable bonds is 6. The van der Waals surface area contributed by atoms with Gasteiger partial charge in [0.2, 0.25) is 0 Å². The van der Waals surface area contributed by atoms with Crippen LogP contribution in [0.1, 0.15) is 16.8 Å². The highest BCUT2D eigenvalue weighted by Gasteiger charge is 2.36. The third-order valence-electron chi connectivity index (χ3n) is 4.04. The number of hydrogen-bond acceptors (Lipinski definition) is 5. The number of alkyl halides is 1. The van der Waals surface area contributed by atoms with Crippen molar-refractivity contribution in [1.82, 2.24) is 5.48 Å². The summed E-state index contributed by atoms with van der Waals surface area (Å²) in [7, 11) is 1.43. The summed E-state index contributed by atoms with van der Waals surface area (Å²) in [5.41, 5.74) is 5.04. The van der Waals surface area contributed by atoms with Crippen LogP contribution in [0.3, 0.4) is 0 Å². The highest BCUT2D eigenvalue weighted by atomic mass is 19.1. The minimum absolute atomic E-state index is 0.137. The van der Waals surface area contributed by atoms with Gasteiger partial charge in [-0.05, 0) is 23.3 Å². The Morgan fingerprint density at radius 1 is 1.16 bits per heavy atom. The average Bonchev–Trinajstić information content (AvgIpc) is 3.00. The molecule has 1 N–H and O–H groups in total. The molecule has 0 saturated carbocycles. The predicted molar refractivity (Wildman–Crippen MR) is 90.5 cm³/mol. The predicted octanol–water partition coefficient (Wildman–Crippen LogP) is 3.11. The number of carbonyl (C=O) groups is 1. The number of hydroxylamine groups is 1. The smallest absolute Gasteiger partial charge is 0.338 e. The number of ether oxygens (including phenoxy) is 2. The normalized spacial score (nSPS) is 22.7. The van der Waals surface area contributed by atoms with Crippen LogP contribution in [-0.2, 0) is 14.3 Å². The topological polar surface area (TPSA) is 56.8 Å². The van der Waals surface area contributed by atoms with Gasteiger partial charge in [-0.25, -0.2) is 9.18 Å². The summed E-state index contributed by atoms with van der Waals surface area (Å²) in [4.78, 5) is 16.8. The van der Waals surface area contributed by atoms with Gasteiger partial charge < -0.3 is 14.3 Å². The second-order valence-corrected chi connectivity index (χ2v) is 5.78. The molecule has 1 aliphatic rings. The highest BCUT2D eigenvalue weighted by molar-refractivity contribution is 5.90. The van der Waals surface area contributed by atoms with Crippen LogP contribution in [0.4, 0.5) is 4.39 Å². The van der Waals surface area contributed by atoms with E-state index in [4.69, 9.17) is 14.3 Å². The van der Waals surface area contributed by atoms with Crippen molar-refractivity contribution in [2.24, 2.45) is 0 Å². The molecule has 0 aliphatic carbocycles. The number of hydrogen-bond donors (Lipinski definition) is 1. The van der Waals surface area contributed by atoms with Crippen LogP contribution in [0.2, 0.25) is 0 Å². The molecule has 1 heterocycles. The minimum atomic E-state index is -1.21. The van der Waals surface area contributed by atoms with Gasteiger partial charge in [0.05, 0.1) is 12.7 Å². The van der Waals surface area contributed by atoms with Gasteiger partial charge in [0.25, 0.3) is 0 Å². The zero-order valence-corrected chi connectivity index (χ0v) is 13.9. The Labute approximate surface area is 145 Å². The molecule has 1 fully saturated rings. The molecule has 3 rings (SSSR count). The molecular weight excluding hydrogens is 325 g/mol. The van der Waals surface area contributed by atoms with Gasteiger partial charge >= 0.3 is 5.97 Å². The maximum Gasteiger partial charge on any atom is 0.338 e. The summed E-state index contributed by atoms with van der Waals surface area (Å²) in [6.07, 6.45) is -2.38. The molecule has 3 atom stereocenters. The maximum absolute atomic E-state index is 13.8. The highest BCUT2D eigenvalue weighted by Crippen LogP contribution is 2.23. The van der Waals surface area contributed by atoms with E-state index in [2.05, 4.69) is 5.48 Å². The fourth-order valence-electron chi connectivity index (χ4n) is 2.73. The molecule has 2 aromatic carbocycles.